The van der Waals surface area contributed by atoms with E-state index >= 15 is 0 Å². The van der Waals surface area contributed by atoms with E-state index in [-0.39, 0.29) is 0 Å². The first-order chi connectivity index (χ1) is 8.40. The highest BCUT2D eigenvalue weighted by Gasteiger charge is 2.31. The maximum absolute atomic E-state index is 14.0. The lowest BCUT2D eigenvalue weighted by atomic mass is 9.91. The van der Waals surface area contributed by atoms with Crippen LogP contribution in [0.4, 0.5) is 4.39 Å². The smallest absolute Gasteiger partial charge is 0.221 e. The maximum Gasteiger partial charge on any atom is 0.221 e. The highest BCUT2D eigenvalue weighted by molar-refractivity contribution is 6.14. The van der Waals surface area contributed by atoms with E-state index < -0.39 is 23.7 Å². The van der Waals surface area contributed by atoms with Crippen molar-refractivity contribution in [2.75, 3.05) is 0 Å². The summed E-state index contributed by atoms with van der Waals surface area (Å²) >= 11 is 0. The number of hydrogen-bond acceptors (Lipinski definition) is 2. The highest BCUT2D eigenvalue weighted by atomic mass is 19.1. The molecule has 0 bridgehead atoms. The molecule has 3 heteroatoms. The second kappa shape index (κ2) is 5.89. The summed E-state index contributed by atoms with van der Waals surface area (Å²) < 4.78 is 14.0. The number of halogens is 1. The van der Waals surface area contributed by atoms with Crippen molar-refractivity contribution in [3.8, 4) is 0 Å². The predicted molar refractivity (Wildman–Crippen MR) is 69.6 cm³/mol. The molecule has 1 aromatic rings. The van der Waals surface area contributed by atoms with Gasteiger partial charge in [-0.25, -0.2) is 4.39 Å². The minimum Gasteiger partial charge on any atom is -0.296 e. The lowest BCUT2D eigenvalue weighted by molar-refractivity contribution is -0.125. The van der Waals surface area contributed by atoms with Crippen LogP contribution in [0.2, 0.25) is 0 Å². The normalized spacial score (nSPS) is 14.1. The van der Waals surface area contributed by atoms with E-state index in [0.29, 0.717) is 23.1 Å². The van der Waals surface area contributed by atoms with Crippen molar-refractivity contribution in [1.29, 1.82) is 0 Å². The SMILES string of the molecule is CCC(C)C(=O)C(F)C(=O)c1c(C)cccc1C. The molecule has 0 heterocycles. The molecule has 98 valence electrons. The Hall–Kier alpha value is -1.51. The minimum absolute atomic E-state index is 0.335. The quantitative estimate of drug-likeness (QED) is 0.592. The molecule has 1 aromatic carbocycles. The molecule has 18 heavy (non-hydrogen) atoms. The van der Waals surface area contributed by atoms with Gasteiger partial charge in [-0.3, -0.25) is 9.59 Å². The lowest BCUT2D eigenvalue weighted by Gasteiger charge is -2.14. The van der Waals surface area contributed by atoms with Crippen LogP contribution in [-0.2, 0) is 4.79 Å². The van der Waals surface area contributed by atoms with E-state index in [1.807, 2.05) is 6.07 Å². The molecule has 0 aliphatic carbocycles. The summed E-state index contributed by atoms with van der Waals surface area (Å²) in [4.78, 5) is 23.8. The molecular weight excluding hydrogens is 231 g/mol. The Labute approximate surface area is 107 Å². The Kier molecular flexibility index (Phi) is 4.76. The van der Waals surface area contributed by atoms with Crippen LogP contribution in [0.1, 0.15) is 41.8 Å². The van der Waals surface area contributed by atoms with E-state index in [2.05, 4.69) is 0 Å². The van der Waals surface area contributed by atoms with Crippen molar-refractivity contribution in [3.63, 3.8) is 0 Å². The zero-order valence-corrected chi connectivity index (χ0v) is 11.3. The summed E-state index contributed by atoms with van der Waals surface area (Å²) in [5.41, 5.74) is 1.75. The van der Waals surface area contributed by atoms with Gasteiger partial charge in [-0.05, 0) is 31.4 Å². The molecule has 0 saturated carbocycles. The van der Waals surface area contributed by atoms with Crippen molar-refractivity contribution >= 4 is 11.6 Å². The number of hydrogen-bond donors (Lipinski definition) is 0. The summed E-state index contributed by atoms with van der Waals surface area (Å²) in [6.45, 7) is 6.95. The molecule has 2 nitrogen and oxygen atoms in total. The van der Waals surface area contributed by atoms with Gasteiger partial charge in [0.25, 0.3) is 0 Å². The predicted octanol–water partition coefficient (Wildman–Crippen LogP) is 3.44. The average molecular weight is 250 g/mol. The van der Waals surface area contributed by atoms with Gasteiger partial charge in [-0.2, -0.15) is 0 Å². The monoisotopic (exact) mass is 250 g/mol. The van der Waals surface area contributed by atoms with Crippen molar-refractivity contribution in [1.82, 2.24) is 0 Å². The van der Waals surface area contributed by atoms with Gasteiger partial charge in [0.15, 0.2) is 5.78 Å². The third-order valence-electron chi connectivity index (χ3n) is 3.31. The Balaban J connectivity index is 3.04. The van der Waals surface area contributed by atoms with Crippen LogP contribution in [0.15, 0.2) is 18.2 Å². The zero-order valence-electron chi connectivity index (χ0n) is 11.3. The van der Waals surface area contributed by atoms with E-state index in [1.165, 1.54) is 0 Å². The number of rotatable bonds is 5. The zero-order chi connectivity index (χ0) is 13.9. The third-order valence-corrected chi connectivity index (χ3v) is 3.31. The lowest BCUT2D eigenvalue weighted by Crippen LogP contribution is -2.31. The van der Waals surface area contributed by atoms with Gasteiger partial charge in [-0.1, -0.05) is 32.0 Å². The van der Waals surface area contributed by atoms with E-state index in [9.17, 15) is 14.0 Å². The molecule has 2 atom stereocenters. The van der Waals surface area contributed by atoms with Crippen LogP contribution >= 0.6 is 0 Å². The fourth-order valence-electron chi connectivity index (χ4n) is 1.91. The second-order valence-corrected chi connectivity index (χ2v) is 4.71. The van der Waals surface area contributed by atoms with Crippen LogP contribution in [-0.4, -0.2) is 17.7 Å². The van der Waals surface area contributed by atoms with E-state index in [1.54, 1.807) is 39.8 Å². The first kappa shape index (κ1) is 14.6. The molecule has 0 aliphatic heterocycles. The minimum atomic E-state index is -2.04. The fourth-order valence-corrected chi connectivity index (χ4v) is 1.91. The number of benzene rings is 1. The van der Waals surface area contributed by atoms with Crippen molar-refractivity contribution < 1.29 is 14.0 Å². The third kappa shape index (κ3) is 2.84. The summed E-state index contributed by atoms with van der Waals surface area (Å²) in [5.74, 6) is -1.76. The van der Waals surface area contributed by atoms with Gasteiger partial charge >= 0.3 is 0 Å². The van der Waals surface area contributed by atoms with Crippen LogP contribution in [0.3, 0.4) is 0 Å². The largest absolute Gasteiger partial charge is 0.296 e. The first-order valence-corrected chi connectivity index (χ1v) is 6.18. The van der Waals surface area contributed by atoms with Gasteiger partial charge in [0.1, 0.15) is 0 Å². The molecule has 0 amide bonds. The second-order valence-electron chi connectivity index (χ2n) is 4.71. The van der Waals surface area contributed by atoms with Crippen LogP contribution in [0.5, 0.6) is 0 Å². The average Bonchev–Trinajstić information content (AvgIpc) is 2.35. The number of alkyl halides is 1. The summed E-state index contributed by atoms with van der Waals surface area (Å²) in [6.07, 6.45) is -1.50. The molecule has 2 unspecified atom stereocenters. The van der Waals surface area contributed by atoms with Crippen LogP contribution in [0, 0.1) is 19.8 Å². The molecule has 1 rings (SSSR count). The summed E-state index contributed by atoms with van der Waals surface area (Å²) in [7, 11) is 0. The molecule has 0 radical (unpaired) electrons. The Morgan fingerprint density at radius 3 is 2.17 bits per heavy atom. The van der Waals surface area contributed by atoms with Crippen LogP contribution < -0.4 is 0 Å². The number of carbonyl (C=O) groups excluding carboxylic acids is 2. The summed E-state index contributed by atoms with van der Waals surface area (Å²) in [6, 6.07) is 5.31. The van der Waals surface area contributed by atoms with E-state index in [4.69, 9.17) is 0 Å². The number of Topliss-reactive ketones (excluding diaryl/α,β-unsaturated/α-hetero) is 2. The van der Waals surface area contributed by atoms with Gasteiger partial charge in [-0.15, -0.1) is 0 Å². The number of ketones is 2. The Morgan fingerprint density at radius 2 is 1.72 bits per heavy atom. The fraction of sp³-hybridized carbons (Fsp3) is 0.467. The van der Waals surface area contributed by atoms with Gasteiger partial charge < -0.3 is 0 Å². The van der Waals surface area contributed by atoms with Gasteiger partial charge in [0.05, 0.1) is 0 Å². The van der Waals surface area contributed by atoms with Gasteiger partial charge in [0, 0.05) is 11.5 Å². The van der Waals surface area contributed by atoms with Crippen molar-refractivity contribution in [3.05, 3.63) is 34.9 Å². The molecule has 0 saturated heterocycles. The Bertz CT molecular complexity index is 445. The standard InChI is InChI=1S/C15H19FO2/c1-5-9(2)14(17)13(16)15(18)12-10(3)7-6-8-11(12)4/h6-9,13H,5H2,1-4H3. The molecule has 0 aromatic heterocycles. The van der Waals surface area contributed by atoms with Crippen molar-refractivity contribution in [2.45, 2.75) is 40.3 Å². The molecule has 0 fully saturated rings. The summed E-state index contributed by atoms with van der Waals surface area (Å²) in [5, 5.41) is 0. The molecule has 0 N–H and O–H groups in total. The maximum atomic E-state index is 14.0. The van der Waals surface area contributed by atoms with Gasteiger partial charge in [0.2, 0.25) is 12.0 Å². The topological polar surface area (TPSA) is 34.1 Å². The van der Waals surface area contributed by atoms with Crippen LogP contribution in [0.25, 0.3) is 0 Å². The molecule has 0 aliphatic rings. The molecular formula is C15H19FO2. The molecule has 0 spiro atoms. The number of aryl methyl sites for hydroxylation is 2. The first-order valence-electron chi connectivity index (χ1n) is 6.18. The van der Waals surface area contributed by atoms with Crippen molar-refractivity contribution in [2.24, 2.45) is 5.92 Å². The Morgan fingerprint density at radius 1 is 1.22 bits per heavy atom. The highest BCUT2D eigenvalue weighted by Crippen LogP contribution is 2.19. The number of carbonyl (C=O) groups is 2. The van der Waals surface area contributed by atoms with E-state index in [0.717, 1.165) is 0 Å².